The lowest BCUT2D eigenvalue weighted by Crippen LogP contribution is -2.46. The average molecular weight is 430 g/mol. The van der Waals surface area contributed by atoms with Crippen LogP contribution in [0.25, 0.3) is 0 Å². The predicted octanol–water partition coefficient (Wildman–Crippen LogP) is 1.65. The number of hydrogen-bond donors (Lipinski definition) is 2. The number of nitro groups is 2. The second-order valence-corrected chi connectivity index (χ2v) is 6.32. The van der Waals surface area contributed by atoms with Gasteiger partial charge in [0.2, 0.25) is 5.91 Å². The van der Waals surface area contributed by atoms with Crippen molar-refractivity contribution in [3.05, 3.63) is 79.9 Å². The number of carbonyl (C=O) groups is 3. The first-order chi connectivity index (χ1) is 14.6. The number of nitro benzene ring substituents is 2. The Morgan fingerprint density at radius 2 is 1.48 bits per heavy atom. The lowest BCUT2D eigenvalue weighted by atomic mass is 10.0. The number of carbonyl (C=O) groups excluding carboxylic acids is 3. The highest BCUT2D eigenvalue weighted by Gasteiger charge is 2.28. The highest BCUT2D eigenvalue weighted by Crippen LogP contribution is 2.23. The Kier molecular flexibility index (Phi) is 7.33. The van der Waals surface area contributed by atoms with E-state index in [1.165, 1.54) is 6.92 Å². The van der Waals surface area contributed by atoms with Crippen LogP contribution in [0.3, 0.4) is 0 Å². The molecule has 12 nitrogen and oxygen atoms in total. The average Bonchev–Trinajstić information content (AvgIpc) is 2.76. The van der Waals surface area contributed by atoms with Crippen molar-refractivity contribution < 1.29 is 29.0 Å². The molecule has 2 rings (SSSR count). The second-order valence-electron chi connectivity index (χ2n) is 6.32. The number of ether oxygens (including phenoxy) is 1. The van der Waals surface area contributed by atoms with Crippen molar-refractivity contribution in [1.82, 2.24) is 10.6 Å². The van der Waals surface area contributed by atoms with Crippen molar-refractivity contribution in [3.63, 3.8) is 0 Å². The summed E-state index contributed by atoms with van der Waals surface area (Å²) < 4.78 is 4.55. The molecule has 0 unspecified atom stereocenters. The van der Waals surface area contributed by atoms with E-state index in [-0.39, 0.29) is 5.56 Å². The van der Waals surface area contributed by atoms with Crippen molar-refractivity contribution >= 4 is 29.2 Å². The van der Waals surface area contributed by atoms with Crippen LogP contribution in [0, 0.1) is 20.2 Å². The Balaban J connectivity index is 2.38. The van der Waals surface area contributed by atoms with Gasteiger partial charge in [0, 0.05) is 12.1 Å². The first-order valence-corrected chi connectivity index (χ1v) is 8.82. The first kappa shape index (κ1) is 22.9. The maximum atomic E-state index is 12.7. The second kappa shape index (κ2) is 9.91. The number of nitrogens with zero attached hydrogens (tertiary/aromatic N) is 2. The Morgan fingerprint density at radius 1 is 0.935 bits per heavy atom. The number of amides is 2. The number of nitrogens with one attached hydrogen (secondary N) is 2. The maximum absolute atomic E-state index is 12.7. The van der Waals surface area contributed by atoms with E-state index in [1.54, 1.807) is 30.3 Å². The van der Waals surface area contributed by atoms with Crippen molar-refractivity contribution in [1.29, 1.82) is 0 Å². The van der Waals surface area contributed by atoms with Gasteiger partial charge in [-0.1, -0.05) is 30.3 Å². The molecule has 2 N–H and O–H groups in total. The zero-order valence-electron chi connectivity index (χ0n) is 16.4. The van der Waals surface area contributed by atoms with E-state index in [0.717, 1.165) is 25.3 Å². The molecule has 0 bridgehead atoms. The number of esters is 1. The van der Waals surface area contributed by atoms with E-state index >= 15 is 0 Å². The third-order valence-corrected chi connectivity index (χ3v) is 4.17. The minimum absolute atomic E-state index is 0.352. The van der Waals surface area contributed by atoms with Gasteiger partial charge in [-0.25, -0.2) is 4.79 Å². The summed E-state index contributed by atoms with van der Waals surface area (Å²) in [6.07, 6.45) is 0. The third-order valence-electron chi connectivity index (χ3n) is 4.17. The smallest absolute Gasteiger partial charge is 0.328 e. The molecule has 0 aliphatic rings. The fourth-order valence-electron chi connectivity index (χ4n) is 2.63. The molecule has 0 spiro atoms. The minimum atomic E-state index is -1.29. The third kappa shape index (κ3) is 5.82. The lowest BCUT2D eigenvalue weighted by Gasteiger charge is -2.21. The molecule has 0 aliphatic carbocycles. The maximum Gasteiger partial charge on any atom is 0.328 e. The number of methoxy groups -OCH3 is 1. The summed E-state index contributed by atoms with van der Waals surface area (Å²) in [5, 5.41) is 26.9. The molecule has 0 aromatic heterocycles. The Hall–Kier alpha value is -4.35. The highest BCUT2D eigenvalue weighted by atomic mass is 16.6. The van der Waals surface area contributed by atoms with Crippen LogP contribution in [0.15, 0.2) is 48.5 Å². The fourth-order valence-corrected chi connectivity index (χ4v) is 2.63. The molecule has 0 aliphatic heterocycles. The number of benzene rings is 2. The minimum Gasteiger partial charge on any atom is -0.467 e. The Morgan fingerprint density at radius 3 is 1.97 bits per heavy atom. The van der Waals surface area contributed by atoms with E-state index < -0.39 is 51.1 Å². The van der Waals surface area contributed by atoms with Crippen molar-refractivity contribution in [2.75, 3.05) is 7.11 Å². The van der Waals surface area contributed by atoms with Crippen LogP contribution in [-0.2, 0) is 14.3 Å². The van der Waals surface area contributed by atoms with Gasteiger partial charge in [-0.3, -0.25) is 29.8 Å². The highest BCUT2D eigenvalue weighted by molar-refractivity contribution is 5.99. The molecule has 31 heavy (non-hydrogen) atoms. The van der Waals surface area contributed by atoms with Gasteiger partial charge >= 0.3 is 5.97 Å². The van der Waals surface area contributed by atoms with Crippen LogP contribution in [0.1, 0.15) is 28.9 Å². The molecule has 0 saturated carbocycles. The topological polar surface area (TPSA) is 171 Å². The largest absolute Gasteiger partial charge is 0.467 e. The van der Waals surface area contributed by atoms with Gasteiger partial charge in [0.05, 0.1) is 28.6 Å². The summed E-state index contributed by atoms with van der Waals surface area (Å²) in [7, 11) is 1.15. The van der Waals surface area contributed by atoms with Crippen LogP contribution in [0.4, 0.5) is 11.4 Å². The van der Waals surface area contributed by atoms with Crippen molar-refractivity contribution in [3.8, 4) is 0 Å². The Bertz CT molecular complexity index is 993. The summed E-state index contributed by atoms with van der Waals surface area (Å²) in [4.78, 5) is 57.4. The summed E-state index contributed by atoms with van der Waals surface area (Å²) in [5.74, 6) is -2.42. The standard InChI is InChI=1S/C19H18N4O8/c1-11(19(26)31-2)20-18(25)16(12-6-4-3-5-7-12)21-17(24)13-8-14(22(27)28)10-15(9-13)23(29)30/h3-11,16H,1-2H3,(H,20,25)(H,21,24)/t11-,16-/m0/s1. The summed E-state index contributed by atoms with van der Waals surface area (Å²) in [6.45, 7) is 1.39. The molecule has 162 valence electrons. The van der Waals surface area contributed by atoms with Crippen molar-refractivity contribution in [2.45, 2.75) is 19.0 Å². The van der Waals surface area contributed by atoms with E-state index in [2.05, 4.69) is 15.4 Å². The van der Waals surface area contributed by atoms with E-state index in [0.29, 0.717) is 5.56 Å². The quantitative estimate of drug-likeness (QED) is 0.361. The number of rotatable bonds is 8. The van der Waals surface area contributed by atoms with E-state index in [4.69, 9.17) is 0 Å². The van der Waals surface area contributed by atoms with Gasteiger partial charge < -0.3 is 15.4 Å². The normalized spacial score (nSPS) is 12.2. The molecule has 0 radical (unpaired) electrons. The van der Waals surface area contributed by atoms with Crippen LogP contribution in [-0.4, -0.2) is 40.8 Å². The van der Waals surface area contributed by atoms with Gasteiger partial charge in [0.15, 0.2) is 0 Å². The molecule has 0 saturated heterocycles. The van der Waals surface area contributed by atoms with Crippen LogP contribution in [0.2, 0.25) is 0 Å². The van der Waals surface area contributed by atoms with Gasteiger partial charge in [-0.05, 0) is 12.5 Å². The molecule has 0 heterocycles. The first-order valence-electron chi connectivity index (χ1n) is 8.82. The molecule has 2 amide bonds. The zero-order chi connectivity index (χ0) is 23.1. The fraction of sp³-hybridized carbons (Fsp3) is 0.211. The molecular formula is C19H18N4O8. The van der Waals surface area contributed by atoms with Crippen LogP contribution >= 0.6 is 0 Å². The summed E-state index contributed by atoms with van der Waals surface area (Å²) >= 11 is 0. The molecular weight excluding hydrogens is 412 g/mol. The van der Waals surface area contributed by atoms with Crippen LogP contribution < -0.4 is 10.6 Å². The molecule has 2 aromatic rings. The SMILES string of the molecule is COC(=O)[C@H](C)NC(=O)[C@@H](NC(=O)c1cc([N+](=O)[O-])cc([N+](=O)[O-])c1)c1ccccc1. The summed E-state index contributed by atoms with van der Waals surface area (Å²) in [5.41, 5.74) is -1.33. The molecule has 12 heteroatoms. The van der Waals surface area contributed by atoms with Gasteiger partial charge in [0.25, 0.3) is 17.3 Å². The van der Waals surface area contributed by atoms with Gasteiger partial charge in [0.1, 0.15) is 12.1 Å². The van der Waals surface area contributed by atoms with Gasteiger partial charge in [-0.15, -0.1) is 0 Å². The zero-order valence-corrected chi connectivity index (χ0v) is 16.4. The molecule has 0 fully saturated rings. The Labute approximate surface area is 175 Å². The summed E-state index contributed by atoms with van der Waals surface area (Å²) in [6, 6.07) is 8.13. The van der Waals surface area contributed by atoms with E-state index in [9.17, 15) is 34.6 Å². The van der Waals surface area contributed by atoms with E-state index in [1.807, 2.05) is 0 Å². The van der Waals surface area contributed by atoms with Crippen molar-refractivity contribution in [2.24, 2.45) is 0 Å². The predicted molar refractivity (Wildman–Crippen MR) is 106 cm³/mol. The lowest BCUT2D eigenvalue weighted by molar-refractivity contribution is -0.394. The van der Waals surface area contributed by atoms with Gasteiger partial charge in [-0.2, -0.15) is 0 Å². The molecule has 2 atom stereocenters. The molecule has 2 aromatic carbocycles. The van der Waals surface area contributed by atoms with Crippen LogP contribution in [0.5, 0.6) is 0 Å². The number of hydrogen-bond acceptors (Lipinski definition) is 8. The monoisotopic (exact) mass is 430 g/mol. The number of non-ortho nitro benzene ring substituents is 2.